The number of nitrogens with zero attached hydrogens (tertiary/aromatic N) is 2. The van der Waals surface area contributed by atoms with E-state index in [0.717, 1.165) is 22.7 Å². The molecule has 0 unspecified atom stereocenters. The zero-order chi connectivity index (χ0) is 34.7. The molecule has 0 fully saturated rings. The van der Waals surface area contributed by atoms with E-state index in [0.29, 0.717) is 0 Å². The molecule has 0 saturated heterocycles. The van der Waals surface area contributed by atoms with Gasteiger partial charge in [0.15, 0.2) is 0 Å². The SMILES string of the molecule is c1ccc(-c2ccc(N(c3ccccc3)c3ccc(-c4ccc5c(c4)c(-c4ccccc4)cn5-c4ccc(-c5ccccc5)cc4)cc3)cc2)cc1. The highest BCUT2D eigenvalue weighted by Crippen LogP contribution is 2.39. The average Bonchev–Trinajstić information content (AvgIpc) is 3.62. The van der Waals surface area contributed by atoms with Crippen molar-refractivity contribution in [3.63, 3.8) is 0 Å². The van der Waals surface area contributed by atoms with Crippen LogP contribution in [-0.4, -0.2) is 4.57 Å². The maximum absolute atomic E-state index is 2.35. The van der Waals surface area contributed by atoms with Crippen molar-refractivity contribution < 1.29 is 0 Å². The zero-order valence-electron chi connectivity index (χ0n) is 28.7. The first-order valence-corrected chi connectivity index (χ1v) is 17.8. The summed E-state index contributed by atoms with van der Waals surface area (Å²) in [5.41, 5.74) is 15.3. The third-order valence-corrected chi connectivity index (χ3v) is 9.85. The molecule has 0 aliphatic rings. The van der Waals surface area contributed by atoms with Gasteiger partial charge in [0.1, 0.15) is 0 Å². The fourth-order valence-corrected chi connectivity index (χ4v) is 7.18. The summed E-state index contributed by atoms with van der Waals surface area (Å²) in [6.45, 7) is 0. The third kappa shape index (κ3) is 6.08. The van der Waals surface area contributed by atoms with E-state index in [1.54, 1.807) is 0 Å². The summed E-state index contributed by atoms with van der Waals surface area (Å²) in [5.74, 6) is 0. The van der Waals surface area contributed by atoms with Crippen molar-refractivity contribution in [1.82, 2.24) is 4.57 Å². The number of fused-ring (bicyclic) bond motifs is 1. The van der Waals surface area contributed by atoms with Gasteiger partial charge in [-0.25, -0.2) is 0 Å². The van der Waals surface area contributed by atoms with E-state index in [9.17, 15) is 0 Å². The second kappa shape index (κ2) is 13.8. The zero-order valence-corrected chi connectivity index (χ0v) is 28.7. The number of rotatable bonds is 8. The Labute approximate surface area is 305 Å². The molecule has 0 N–H and O–H groups in total. The van der Waals surface area contributed by atoms with Gasteiger partial charge in [0.05, 0.1) is 5.52 Å². The molecule has 0 aliphatic carbocycles. The van der Waals surface area contributed by atoms with Gasteiger partial charge < -0.3 is 9.47 Å². The first-order chi connectivity index (χ1) is 25.8. The lowest BCUT2D eigenvalue weighted by molar-refractivity contribution is 1.13. The van der Waals surface area contributed by atoms with E-state index in [2.05, 4.69) is 228 Å². The van der Waals surface area contributed by atoms with Crippen LogP contribution in [0, 0.1) is 0 Å². The Morgan fingerprint density at radius 2 is 0.692 bits per heavy atom. The van der Waals surface area contributed by atoms with Crippen LogP contribution < -0.4 is 4.90 Å². The number of hydrogen-bond donors (Lipinski definition) is 0. The maximum atomic E-state index is 2.35. The van der Waals surface area contributed by atoms with Crippen LogP contribution in [0.25, 0.3) is 61.1 Å². The van der Waals surface area contributed by atoms with Gasteiger partial charge >= 0.3 is 0 Å². The van der Waals surface area contributed by atoms with Crippen molar-refractivity contribution in [3.8, 4) is 50.2 Å². The van der Waals surface area contributed by atoms with E-state index in [-0.39, 0.29) is 0 Å². The molecule has 246 valence electrons. The molecule has 9 aromatic rings. The topological polar surface area (TPSA) is 8.17 Å². The van der Waals surface area contributed by atoms with Crippen molar-refractivity contribution >= 4 is 28.0 Å². The molecular formula is C50H36N2. The van der Waals surface area contributed by atoms with Gasteiger partial charge in [-0.2, -0.15) is 0 Å². The normalized spacial score (nSPS) is 11.1. The van der Waals surface area contributed by atoms with Crippen LogP contribution in [0.3, 0.4) is 0 Å². The highest BCUT2D eigenvalue weighted by molar-refractivity contribution is 5.99. The highest BCUT2D eigenvalue weighted by atomic mass is 15.1. The van der Waals surface area contributed by atoms with Crippen LogP contribution in [0.2, 0.25) is 0 Å². The van der Waals surface area contributed by atoms with Crippen LogP contribution in [-0.2, 0) is 0 Å². The molecule has 1 heterocycles. The molecule has 8 aromatic carbocycles. The summed E-state index contributed by atoms with van der Waals surface area (Å²) in [4.78, 5) is 2.32. The standard InChI is InChI=1S/C50H36N2/c1-5-13-37(14-6-1)39-21-28-44(29-22-39)51-36-49(42-17-9-3-10-18-42)48-35-43(27-34-50(48)51)41-25-32-47(33-26-41)52(45-19-11-4-12-20-45)46-30-23-40(24-31-46)38-15-7-2-8-16-38/h1-36H. The quantitative estimate of drug-likeness (QED) is 0.157. The maximum Gasteiger partial charge on any atom is 0.0535 e. The molecule has 1 aromatic heterocycles. The Morgan fingerprint density at radius 3 is 1.21 bits per heavy atom. The molecule has 0 amide bonds. The van der Waals surface area contributed by atoms with E-state index >= 15 is 0 Å². The van der Waals surface area contributed by atoms with Gasteiger partial charge in [-0.05, 0) is 99.6 Å². The minimum Gasteiger partial charge on any atom is -0.316 e. The summed E-state index contributed by atoms with van der Waals surface area (Å²) in [6, 6.07) is 75.9. The Balaban J connectivity index is 1.08. The minimum atomic E-state index is 1.11. The molecule has 0 radical (unpaired) electrons. The molecule has 0 saturated carbocycles. The monoisotopic (exact) mass is 664 g/mol. The molecule has 0 bridgehead atoms. The summed E-state index contributed by atoms with van der Waals surface area (Å²) in [6.07, 6.45) is 2.28. The summed E-state index contributed by atoms with van der Waals surface area (Å²) >= 11 is 0. The molecule has 0 atom stereocenters. The van der Waals surface area contributed by atoms with E-state index < -0.39 is 0 Å². The summed E-state index contributed by atoms with van der Waals surface area (Å²) < 4.78 is 2.32. The Kier molecular flexibility index (Phi) is 8.24. The number of benzene rings is 8. The van der Waals surface area contributed by atoms with Crippen LogP contribution >= 0.6 is 0 Å². The van der Waals surface area contributed by atoms with Crippen molar-refractivity contribution in [2.75, 3.05) is 4.90 Å². The van der Waals surface area contributed by atoms with E-state index in [4.69, 9.17) is 0 Å². The highest BCUT2D eigenvalue weighted by Gasteiger charge is 2.16. The fraction of sp³-hybridized carbons (Fsp3) is 0. The number of hydrogen-bond acceptors (Lipinski definition) is 1. The molecule has 0 aliphatic heterocycles. The first-order valence-electron chi connectivity index (χ1n) is 17.8. The predicted octanol–water partition coefficient (Wildman–Crippen LogP) is 13.8. The second-order valence-corrected chi connectivity index (χ2v) is 13.1. The largest absolute Gasteiger partial charge is 0.316 e. The molecular weight excluding hydrogens is 629 g/mol. The van der Waals surface area contributed by atoms with Gasteiger partial charge in [-0.1, -0.05) is 152 Å². The van der Waals surface area contributed by atoms with Gasteiger partial charge in [0.25, 0.3) is 0 Å². The minimum absolute atomic E-state index is 1.11. The Bertz CT molecular complexity index is 2550. The molecule has 52 heavy (non-hydrogen) atoms. The van der Waals surface area contributed by atoms with Crippen molar-refractivity contribution in [1.29, 1.82) is 0 Å². The Morgan fingerprint density at radius 1 is 0.308 bits per heavy atom. The molecule has 9 rings (SSSR count). The summed E-state index contributed by atoms with van der Waals surface area (Å²) in [7, 11) is 0. The van der Waals surface area contributed by atoms with Crippen molar-refractivity contribution in [3.05, 3.63) is 219 Å². The van der Waals surface area contributed by atoms with Gasteiger partial charge in [0.2, 0.25) is 0 Å². The predicted molar refractivity (Wildman–Crippen MR) is 220 cm³/mol. The lowest BCUT2D eigenvalue weighted by Crippen LogP contribution is -2.09. The van der Waals surface area contributed by atoms with Crippen LogP contribution in [0.5, 0.6) is 0 Å². The molecule has 2 nitrogen and oxygen atoms in total. The lowest BCUT2D eigenvalue weighted by atomic mass is 9.99. The van der Waals surface area contributed by atoms with Crippen molar-refractivity contribution in [2.45, 2.75) is 0 Å². The average molecular weight is 665 g/mol. The van der Waals surface area contributed by atoms with Gasteiger partial charge in [-0.3, -0.25) is 0 Å². The smallest absolute Gasteiger partial charge is 0.0535 e. The van der Waals surface area contributed by atoms with Crippen molar-refractivity contribution in [2.24, 2.45) is 0 Å². The van der Waals surface area contributed by atoms with Crippen LogP contribution in [0.15, 0.2) is 219 Å². The number of anilines is 3. The van der Waals surface area contributed by atoms with Crippen LogP contribution in [0.4, 0.5) is 17.1 Å². The first kappa shape index (κ1) is 31.1. The fourth-order valence-electron chi connectivity index (χ4n) is 7.18. The van der Waals surface area contributed by atoms with E-state index in [1.807, 2.05) is 0 Å². The lowest BCUT2D eigenvalue weighted by Gasteiger charge is -2.26. The van der Waals surface area contributed by atoms with E-state index in [1.165, 1.54) is 55.4 Å². The number of para-hydroxylation sites is 1. The third-order valence-electron chi connectivity index (χ3n) is 9.85. The van der Waals surface area contributed by atoms with Crippen LogP contribution in [0.1, 0.15) is 0 Å². The second-order valence-electron chi connectivity index (χ2n) is 13.1. The Hall–Kier alpha value is -6.90. The molecule has 0 spiro atoms. The summed E-state index contributed by atoms with van der Waals surface area (Å²) in [5, 5.41) is 1.23. The van der Waals surface area contributed by atoms with Gasteiger partial charge in [0, 0.05) is 39.9 Å². The molecule has 2 heteroatoms. The van der Waals surface area contributed by atoms with Gasteiger partial charge in [-0.15, -0.1) is 0 Å². The number of aromatic nitrogens is 1.